The zero-order chi connectivity index (χ0) is 28.1. The van der Waals surface area contributed by atoms with E-state index in [4.69, 9.17) is 9.47 Å². The minimum absolute atomic E-state index is 0.326. The van der Waals surface area contributed by atoms with Gasteiger partial charge in [-0.05, 0) is 17.7 Å². The van der Waals surface area contributed by atoms with E-state index in [1.165, 1.54) is 0 Å². The van der Waals surface area contributed by atoms with Gasteiger partial charge < -0.3 is 14.0 Å². The Morgan fingerprint density at radius 3 is 1.66 bits per heavy atom. The van der Waals surface area contributed by atoms with E-state index < -0.39 is 25.3 Å². The van der Waals surface area contributed by atoms with Gasteiger partial charge in [0.25, 0.3) is 0 Å². The molecule has 1 aliphatic rings. The average Bonchev–Trinajstić information content (AvgIpc) is 3.51. The van der Waals surface area contributed by atoms with E-state index in [1.54, 1.807) is 12.1 Å². The van der Waals surface area contributed by atoms with Gasteiger partial charge in [-0.2, -0.15) is 0 Å². The van der Waals surface area contributed by atoms with E-state index in [9.17, 15) is 4.79 Å². The number of hydrogen-bond acceptors (Lipinski definition) is 4. The predicted molar refractivity (Wildman–Crippen MR) is 164 cm³/mol. The standard InChI is InChI=1S/C36H29O4P/c37-36(29-20-10-3-11-21-29)40-34(27-16-6-1-7-17-27)32-26-33(35(39-32)28-18-8-2-9-19-28)41(38,30-22-12-4-13-23-30)31-24-14-5-15-25-31/h1-25,32,34H,26H2/t32-,34+/m0/s1. The molecule has 1 heterocycles. The van der Waals surface area contributed by atoms with Crippen LogP contribution in [0.3, 0.4) is 0 Å². The number of carbonyl (C=O) groups is 1. The molecular weight excluding hydrogens is 527 g/mol. The van der Waals surface area contributed by atoms with Gasteiger partial charge in [-0.25, -0.2) is 4.79 Å². The summed E-state index contributed by atoms with van der Waals surface area (Å²) in [6.45, 7) is 0. The van der Waals surface area contributed by atoms with Gasteiger partial charge in [-0.1, -0.05) is 140 Å². The number of benzene rings is 5. The molecule has 0 aliphatic carbocycles. The van der Waals surface area contributed by atoms with Crippen molar-refractivity contribution < 1.29 is 18.8 Å². The molecule has 0 saturated heterocycles. The van der Waals surface area contributed by atoms with E-state index in [0.717, 1.165) is 21.7 Å². The largest absolute Gasteiger partial charge is 0.485 e. The fourth-order valence-electron chi connectivity index (χ4n) is 5.30. The average molecular weight is 557 g/mol. The Morgan fingerprint density at radius 1 is 0.659 bits per heavy atom. The molecule has 0 radical (unpaired) electrons. The van der Waals surface area contributed by atoms with Gasteiger partial charge >= 0.3 is 5.97 Å². The lowest BCUT2D eigenvalue weighted by Gasteiger charge is -2.25. The van der Waals surface area contributed by atoms with Crippen LogP contribution in [0, 0.1) is 0 Å². The van der Waals surface area contributed by atoms with Crippen LogP contribution >= 0.6 is 7.14 Å². The van der Waals surface area contributed by atoms with Gasteiger partial charge in [-0.3, -0.25) is 0 Å². The molecule has 6 rings (SSSR count). The van der Waals surface area contributed by atoms with Crippen molar-refractivity contribution in [2.24, 2.45) is 0 Å². The molecule has 0 spiro atoms. The first-order valence-electron chi connectivity index (χ1n) is 13.6. The quantitative estimate of drug-likeness (QED) is 0.145. The van der Waals surface area contributed by atoms with Crippen LogP contribution in [0.25, 0.3) is 5.76 Å². The van der Waals surface area contributed by atoms with Crippen molar-refractivity contribution in [1.29, 1.82) is 0 Å². The van der Waals surface area contributed by atoms with Crippen LogP contribution in [0.5, 0.6) is 0 Å². The van der Waals surface area contributed by atoms with Crippen LogP contribution < -0.4 is 10.6 Å². The molecule has 5 aromatic rings. The lowest BCUT2D eigenvalue weighted by molar-refractivity contribution is -0.0131. The molecule has 202 valence electrons. The number of ether oxygens (including phenoxy) is 2. The molecule has 2 atom stereocenters. The molecule has 0 bridgehead atoms. The van der Waals surface area contributed by atoms with Crippen molar-refractivity contribution in [1.82, 2.24) is 0 Å². The molecular formula is C36H29O4P. The van der Waals surface area contributed by atoms with Crippen LogP contribution in [0.4, 0.5) is 0 Å². The summed E-state index contributed by atoms with van der Waals surface area (Å²) < 4.78 is 28.4. The zero-order valence-corrected chi connectivity index (χ0v) is 23.3. The highest BCUT2D eigenvalue weighted by atomic mass is 31.2. The Kier molecular flexibility index (Phi) is 7.67. The molecule has 0 saturated carbocycles. The predicted octanol–water partition coefficient (Wildman–Crippen LogP) is 7.76. The maximum Gasteiger partial charge on any atom is 0.338 e. The SMILES string of the molecule is O=C(O[C@H](c1ccccc1)[C@@H]1CC(P(=O)(c2ccccc2)c2ccccc2)=C(c2ccccc2)O1)c1ccccc1. The maximum atomic E-state index is 15.5. The summed E-state index contributed by atoms with van der Waals surface area (Å²) in [4.78, 5) is 13.3. The first kappa shape index (κ1) is 26.6. The molecule has 0 aromatic heterocycles. The molecule has 0 N–H and O–H groups in total. The third-order valence-corrected chi connectivity index (χ3v) is 10.5. The van der Waals surface area contributed by atoms with Crippen molar-refractivity contribution in [2.45, 2.75) is 18.6 Å². The van der Waals surface area contributed by atoms with Gasteiger partial charge in [0, 0.05) is 27.9 Å². The Bertz CT molecular complexity index is 1640. The van der Waals surface area contributed by atoms with E-state index in [2.05, 4.69) is 0 Å². The van der Waals surface area contributed by atoms with Crippen LogP contribution in [-0.2, 0) is 14.0 Å². The molecule has 4 nitrogen and oxygen atoms in total. The second-order valence-corrected chi connectivity index (χ2v) is 12.7. The van der Waals surface area contributed by atoms with E-state index in [-0.39, 0.29) is 0 Å². The summed E-state index contributed by atoms with van der Waals surface area (Å²) in [6, 6.07) is 47.5. The van der Waals surface area contributed by atoms with E-state index in [1.807, 2.05) is 140 Å². The summed E-state index contributed by atoms with van der Waals surface area (Å²) in [5.74, 6) is 0.135. The van der Waals surface area contributed by atoms with Gasteiger partial charge in [0.1, 0.15) is 11.9 Å². The summed E-state index contributed by atoms with van der Waals surface area (Å²) in [5, 5.41) is 2.18. The van der Waals surface area contributed by atoms with Crippen LogP contribution in [0.15, 0.2) is 157 Å². The van der Waals surface area contributed by atoms with Crippen LogP contribution in [0.2, 0.25) is 0 Å². The van der Waals surface area contributed by atoms with Crippen LogP contribution in [0.1, 0.15) is 34.0 Å². The molecule has 0 fully saturated rings. The molecule has 0 unspecified atom stereocenters. The van der Waals surface area contributed by atoms with Crippen LogP contribution in [-0.4, -0.2) is 12.1 Å². The molecule has 1 aliphatic heterocycles. The first-order chi connectivity index (χ1) is 20.1. The second kappa shape index (κ2) is 11.8. The topological polar surface area (TPSA) is 52.6 Å². The van der Waals surface area contributed by atoms with Gasteiger partial charge in [-0.15, -0.1) is 0 Å². The third kappa shape index (κ3) is 5.39. The first-order valence-corrected chi connectivity index (χ1v) is 15.3. The Hall–Kier alpha value is -4.66. The zero-order valence-electron chi connectivity index (χ0n) is 22.4. The lowest BCUT2D eigenvalue weighted by atomic mass is 10.0. The highest BCUT2D eigenvalue weighted by Gasteiger charge is 2.44. The monoisotopic (exact) mass is 556 g/mol. The number of hydrogen-bond donors (Lipinski definition) is 0. The molecule has 41 heavy (non-hydrogen) atoms. The van der Waals surface area contributed by atoms with Gasteiger partial charge in [0.15, 0.2) is 13.2 Å². The van der Waals surface area contributed by atoms with E-state index in [0.29, 0.717) is 23.1 Å². The minimum Gasteiger partial charge on any atom is -0.485 e. The van der Waals surface area contributed by atoms with Crippen molar-refractivity contribution in [3.05, 3.63) is 174 Å². The van der Waals surface area contributed by atoms with Gasteiger partial charge in [0.05, 0.1) is 5.56 Å². The number of rotatable bonds is 8. The minimum atomic E-state index is -3.34. The normalized spacial score (nSPS) is 15.7. The third-order valence-electron chi connectivity index (χ3n) is 7.29. The smallest absolute Gasteiger partial charge is 0.338 e. The summed E-state index contributed by atoms with van der Waals surface area (Å²) in [6.07, 6.45) is -0.983. The fraction of sp³-hybridized carbons (Fsp3) is 0.0833. The lowest BCUT2D eigenvalue weighted by Crippen LogP contribution is -2.25. The summed E-state index contributed by atoms with van der Waals surface area (Å²) in [5.41, 5.74) is 2.10. The number of carbonyl (C=O) groups excluding carboxylic acids is 1. The molecule has 0 amide bonds. The van der Waals surface area contributed by atoms with Crippen molar-refractivity contribution in [3.63, 3.8) is 0 Å². The second-order valence-electron chi connectivity index (χ2n) is 9.89. The molecule has 5 heteroatoms. The van der Waals surface area contributed by atoms with Crippen molar-refractivity contribution in [2.75, 3.05) is 0 Å². The van der Waals surface area contributed by atoms with Crippen molar-refractivity contribution >= 4 is 29.5 Å². The summed E-state index contributed by atoms with van der Waals surface area (Å²) in [7, 11) is -3.34. The van der Waals surface area contributed by atoms with Crippen molar-refractivity contribution in [3.8, 4) is 0 Å². The van der Waals surface area contributed by atoms with Gasteiger partial charge in [0.2, 0.25) is 0 Å². The highest BCUT2D eigenvalue weighted by Crippen LogP contribution is 2.60. The fourth-order valence-corrected chi connectivity index (χ4v) is 8.31. The Balaban J connectivity index is 1.48. The Labute approximate surface area is 240 Å². The summed E-state index contributed by atoms with van der Waals surface area (Å²) >= 11 is 0. The maximum absolute atomic E-state index is 15.5. The van der Waals surface area contributed by atoms with E-state index >= 15 is 4.57 Å². The number of esters is 1. The Morgan fingerprint density at radius 2 is 1.12 bits per heavy atom. The highest BCUT2D eigenvalue weighted by molar-refractivity contribution is 7.82. The molecule has 5 aromatic carbocycles.